The van der Waals surface area contributed by atoms with E-state index in [1.54, 1.807) is 6.20 Å². The number of likely N-dealkylation sites (tertiary alicyclic amines) is 1. The van der Waals surface area contributed by atoms with Crippen molar-refractivity contribution >= 4 is 11.8 Å². The number of urea groups is 1. The SMILES string of the molecule is CC1CCCN(C(=O)NCc2ccnc(N(C)C)c2)C1. The maximum absolute atomic E-state index is 12.1. The summed E-state index contributed by atoms with van der Waals surface area (Å²) in [5.41, 5.74) is 1.07. The molecule has 1 saturated heterocycles. The van der Waals surface area contributed by atoms with Crippen molar-refractivity contribution in [1.29, 1.82) is 0 Å². The lowest BCUT2D eigenvalue weighted by Crippen LogP contribution is -2.44. The van der Waals surface area contributed by atoms with Crippen LogP contribution < -0.4 is 10.2 Å². The standard InChI is InChI=1S/C15H24N4O/c1-12-5-4-8-19(11-12)15(20)17-10-13-6-7-16-14(9-13)18(2)3/h6-7,9,12H,4-5,8,10-11H2,1-3H3,(H,17,20). The van der Waals surface area contributed by atoms with Gasteiger partial charge in [-0.1, -0.05) is 6.92 Å². The summed E-state index contributed by atoms with van der Waals surface area (Å²) in [6.07, 6.45) is 4.11. The van der Waals surface area contributed by atoms with Crippen molar-refractivity contribution in [3.63, 3.8) is 0 Å². The molecule has 2 rings (SSSR count). The fourth-order valence-electron chi connectivity index (χ4n) is 2.48. The molecule has 1 N–H and O–H groups in total. The number of piperidine rings is 1. The maximum atomic E-state index is 12.1. The summed E-state index contributed by atoms with van der Waals surface area (Å²) < 4.78 is 0. The first-order valence-corrected chi connectivity index (χ1v) is 7.21. The summed E-state index contributed by atoms with van der Waals surface area (Å²) in [4.78, 5) is 20.3. The zero-order valence-corrected chi connectivity index (χ0v) is 12.6. The molecular formula is C15H24N4O. The Morgan fingerprint density at radius 2 is 2.35 bits per heavy atom. The van der Waals surface area contributed by atoms with Crippen LogP contribution in [0, 0.1) is 5.92 Å². The van der Waals surface area contributed by atoms with Crippen LogP contribution >= 0.6 is 0 Å². The average molecular weight is 276 g/mol. The first-order chi connectivity index (χ1) is 9.56. The van der Waals surface area contributed by atoms with Crippen molar-refractivity contribution in [3.05, 3.63) is 23.9 Å². The van der Waals surface area contributed by atoms with E-state index in [4.69, 9.17) is 0 Å². The molecule has 0 aromatic carbocycles. The lowest BCUT2D eigenvalue weighted by Gasteiger charge is -2.31. The highest BCUT2D eigenvalue weighted by molar-refractivity contribution is 5.74. The molecule has 5 nitrogen and oxygen atoms in total. The Morgan fingerprint density at radius 3 is 3.05 bits per heavy atom. The Kier molecular flexibility index (Phi) is 4.82. The van der Waals surface area contributed by atoms with Gasteiger partial charge in [0.25, 0.3) is 0 Å². The van der Waals surface area contributed by atoms with Crippen LogP contribution in [-0.2, 0) is 6.54 Å². The van der Waals surface area contributed by atoms with E-state index in [1.807, 2.05) is 36.0 Å². The number of carbonyl (C=O) groups excluding carboxylic acids is 1. The van der Waals surface area contributed by atoms with Gasteiger partial charge in [-0.3, -0.25) is 0 Å². The van der Waals surface area contributed by atoms with Gasteiger partial charge in [-0.2, -0.15) is 0 Å². The Morgan fingerprint density at radius 1 is 1.55 bits per heavy atom. The molecule has 1 aliphatic rings. The summed E-state index contributed by atoms with van der Waals surface area (Å²) >= 11 is 0. The lowest BCUT2D eigenvalue weighted by molar-refractivity contribution is 0.169. The third-order valence-corrected chi connectivity index (χ3v) is 3.66. The number of hydrogen-bond acceptors (Lipinski definition) is 3. The van der Waals surface area contributed by atoms with Crippen molar-refractivity contribution in [1.82, 2.24) is 15.2 Å². The molecule has 1 unspecified atom stereocenters. The van der Waals surface area contributed by atoms with Crippen LogP contribution in [0.5, 0.6) is 0 Å². The van der Waals surface area contributed by atoms with Crippen molar-refractivity contribution < 1.29 is 4.79 Å². The molecule has 0 bridgehead atoms. The van der Waals surface area contributed by atoms with Gasteiger partial charge in [-0.05, 0) is 36.5 Å². The third kappa shape index (κ3) is 3.85. The first kappa shape index (κ1) is 14.6. The summed E-state index contributed by atoms with van der Waals surface area (Å²) in [6, 6.07) is 3.98. The molecule has 1 atom stereocenters. The third-order valence-electron chi connectivity index (χ3n) is 3.66. The lowest BCUT2D eigenvalue weighted by atomic mass is 10.0. The van der Waals surface area contributed by atoms with E-state index >= 15 is 0 Å². The highest BCUT2D eigenvalue weighted by atomic mass is 16.2. The van der Waals surface area contributed by atoms with Crippen LogP contribution in [0.15, 0.2) is 18.3 Å². The van der Waals surface area contributed by atoms with Crippen molar-refractivity contribution in [2.45, 2.75) is 26.3 Å². The van der Waals surface area contributed by atoms with Crippen molar-refractivity contribution in [2.24, 2.45) is 5.92 Å². The van der Waals surface area contributed by atoms with Crippen molar-refractivity contribution in [2.75, 3.05) is 32.1 Å². The molecule has 1 aromatic rings. The molecule has 1 fully saturated rings. The molecule has 0 saturated carbocycles. The van der Waals surface area contributed by atoms with Gasteiger partial charge in [0.2, 0.25) is 0 Å². The van der Waals surface area contributed by atoms with E-state index in [-0.39, 0.29) is 6.03 Å². The number of nitrogens with one attached hydrogen (secondary N) is 1. The highest BCUT2D eigenvalue weighted by Gasteiger charge is 2.20. The minimum Gasteiger partial charge on any atom is -0.363 e. The molecule has 5 heteroatoms. The van der Waals surface area contributed by atoms with Gasteiger partial charge in [-0.15, -0.1) is 0 Å². The molecule has 1 aromatic heterocycles. The second-order valence-electron chi connectivity index (χ2n) is 5.77. The number of amides is 2. The molecule has 0 aliphatic carbocycles. The van der Waals surface area contributed by atoms with Gasteiger partial charge in [0, 0.05) is 39.9 Å². The van der Waals surface area contributed by atoms with Crippen LogP contribution in [0.4, 0.5) is 10.6 Å². The molecule has 2 amide bonds. The monoisotopic (exact) mass is 276 g/mol. The first-order valence-electron chi connectivity index (χ1n) is 7.21. The molecule has 0 spiro atoms. The Hall–Kier alpha value is -1.78. The van der Waals surface area contributed by atoms with Crippen LogP contribution in [-0.4, -0.2) is 43.1 Å². The van der Waals surface area contributed by atoms with Gasteiger partial charge >= 0.3 is 6.03 Å². The minimum absolute atomic E-state index is 0.0414. The maximum Gasteiger partial charge on any atom is 0.317 e. The Labute approximate surface area is 121 Å². The Bertz CT molecular complexity index is 461. The summed E-state index contributed by atoms with van der Waals surface area (Å²) in [6.45, 7) is 4.49. The zero-order chi connectivity index (χ0) is 14.5. The molecule has 110 valence electrons. The summed E-state index contributed by atoms with van der Waals surface area (Å²) in [5, 5.41) is 3.00. The number of hydrogen-bond donors (Lipinski definition) is 1. The number of anilines is 1. The largest absolute Gasteiger partial charge is 0.363 e. The number of aromatic nitrogens is 1. The number of carbonyl (C=O) groups is 1. The Balaban J connectivity index is 1.88. The average Bonchev–Trinajstić information content (AvgIpc) is 2.45. The van der Waals surface area contributed by atoms with E-state index in [2.05, 4.69) is 17.2 Å². The zero-order valence-electron chi connectivity index (χ0n) is 12.6. The van der Waals surface area contributed by atoms with Crippen LogP contribution in [0.3, 0.4) is 0 Å². The van der Waals surface area contributed by atoms with Crippen molar-refractivity contribution in [3.8, 4) is 0 Å². The molecule has 0 radical (unpaired) electrons. The second-order valence-corrected chi connectivity index (χ2v) is 5.77. The van der Waals surface area contributed by atoms with E-state index in [0.717, 1.165) is 30.9 Å². The fourth-order valence-corrected chi connectivity index (χ4v) is 2.48. The normalized spacial score (nSPS) is 18.8. The number of nitrogens with zero attached hydrogens (tertiary/aromatic N) is 3. The van der Waals surface area contributed by atoms with Crippen LogP contribution in [0.25, 0.3) is 0 Å². The van der Waals surface area contributed by atoms with E-state index in [1.165, 1.54) is 6.42 Å². The van der Waals surface area contributed by atoms with Gasteiger partial charge in [0.1, 0.15) is 5.82 Å². The van der Waals surface area contributed by atoms with E-state index in [9.17, 15) is 4.79 Å². The van der Waals surface area contributed by atoms with Gasteiger partial charge in [0.05, 0.1) is 0 Å². The minimum atomic E-state index is 0.0414. The summed E-state index contributed by atoms with van der Waals surface area (Å²) in [5.74, 6) is 1.51. The van der Waals surface area contributed by atoms with Crippen LogP contribution in [0.2, 0.25) is 0 Å². The van der Waals surface area contributed by atoms with Gasteiger partial charge in [0.15, 0.2) is 0 Å². The molecule has 20 heavy (non-hydrogen) atoms. The van der Waals surface area contributed by atoms with E-state index in [0.29, 0.717) is 12.5 Å². The highest BCUT2D eigenvalue weighted by Crippen LogP contribution is 2.15. The quantitative estimate of drug-likeness (QED) is 0.919. The van der Waals surface area contributed by atoms with Crippen LogP contribution in [0.1, 0.15) is 25.3 Å². The fraction of sp³-hybridized carbons (Fsp3) is 0.600. The topological polar surface area (TPSA) is 48.5 Å². The number of rotatable bonds is 3. The molecular weight excluding hydrogens is 252 g/mol. The molecule has 2 heterocycles. The van der Waals surface area contributed by atoms with Gasteiger partial charge < -0.3 is 15.1 Å². The smallest absolute Gasteiger partial charge is 0.317 e. The summed E-state index contributed by atoms with van der Waals surface area (Å²) in [7, 11) is 3.92. The van der Waals surface area contributed by atoms with Gasteiger partial charge in [-0.25, -0.2) is 9.78 Å². The predicted molar refractivity (Wildman–Crippen MR) is 80.8 cm³/mol. The number of pyridine rings is 1. The second kappa shape index (κ2) is 6.59. The molecule has 1 aliphatic heterocycles. The predicted octanol–water partition coefficient (Wildman–Crippen LogP) is 2.09. The van der Waals surface area contributed by atoms with E-state index < -0.39 is 0 Å².